The van der Waals surface area contributed by atoms with Crippen molar-refractivity contribution in [2.24, 2.45) is 0 Å². The van der Waals surface area contributed by atoms with Gasteiger partial charge in [0.15, 0.2) is 10.6 Å². The number of anilines is 1. The number of aryl methyl sites for hydroxylation is 2. The first-order valence-electron chi connectivity index (χ1n) is 8.62. The van der Waals surface area contributed by atoms with E-state index in [1.807, 2.05) is 4.57 Å². The third-order valence-corrected chi connectivity index (χ3v) is 4.73. The lowest BCUT2D eigenvalue weighted by molar-refractivity contribution is 1.01. The van der Waals surface area contributed by atoms with Gasteiger partial charge in [0.05, 0.1) is 5.69 Å². The molecule has 0 unspecified atom stereocenters. The van der Waals surface area contributed by atoms with E-state index in [2.05, 4.69) is 85.5 Å². The Bertz CT molecular complexity index is 937. The molecule has 0 fully saturated rings. The van der Waals surface area contributed by atoms with Crippen molar-refractivity contribution in [2.45, 2.75) is 26.7 Å². The zero-order valence-corrected chi connectivity index (χ0v) is 16.0. The van der Waals surface area contributed by atoms with Crippen LogP contribution in [-0.2, 0) is 12.8 Å². The number of hydrogen-bond donors (Lipinski definition) is 1. The fraction of sp³-hybridized carbons (Fsp3) is 0.300. The van der Waals surface area contributed by atoms with Crippen molar-refractivity contribution in [1.82, 2.24) is 14.8 Å². The van der Waals surface area contributed by atoms with Crippen LogP contribution in [0.3, 0.4) is 0 Å². The summed E-state index contributed by atoms with van der Waals surface area (Å²) in [6.45, 7) is 4.33. The minimum atomic E-state index is 0.603. The van der Waals surface area contributed by atoms with E-state index in [1.54, 1.807) is 0 Å². The van der Waals surface area contributed by atoms with Crippen LogP contribution in [0, 0.1) is 4.77 Å². The van der Waals surface area contributed by atoms with Gasteiger partial charge in [-0.05, 0) is 54.4 Å². The van der Waals surface area contributed by atoms with E-state index in [0.29, 0.717) is 4.77 Å². The highest BCUT2D eigenvalue weighted by molar-refractivity contribution is 7.71. The van der Waals surface area contributed by atoms with Crippen LogP contribution in [0.4, 0.5) is 5.69 Å². The molecule has 5 heteroatoms. The molecule has 25 heavy (non-hydrogen) atoms. The molecule has 0 aliphatic rings. The topological polar surface area (TPSA) is 36.9 Å². The molecule has 0 aliphatic carbocycles. The molecule has 0 radical (unpaired) electrons. The number of nitrogens with zero attached hydrogens (tertiary/aromatic N) is 3. The second-order valence-electron chi connectivity index (χ2n) is 6.30. The molecular weight excluding hydrogens is 328 g/mol. The summed E-state index contributed by atoms with van der Waals surface area (Å²) in [6, 6.07) is 14.9. The quantitative estimate of drug-likeness (QED) is 0.671. The lowest BCUT2D eigenvalue weighted by Gasteiger charge is -2.19. The van der Waals surface area contributed by atoms with E-state index in [9.17, 15) is 0 Å². The monoisotopic (exact) mass is 352 g/mol. The molecular formula is C20H24N4S. The summed E-state index contributed by atoms with van der Waals surface area (Å²) in [6.07, 6.45) is 1.99. The van der Waals surface area contributed by atoms with Gasteiger partial charge in [-0.25, -0.2) is 0 Å². The molecule has 3 rings (SSSR count). The van der Waals surface area contributed by atoms with Gasteiger partial charge in [-0.2, -0.15) is 5.10 Å². The maximum absolute atomic E-state index is 5.52. The molecule has 4 nitrogen and oxygen atoms in total. The van der Waals surface area contributed by atoms with E-state index in [0.717, 1.165) is 29.9 Å². The zero-order chi connectivity index (χ0) is 18.0. The minimum Gasteiger partial charge on any atom is -0.377 e. The van der Waals surface area contributed by atoms with E-state index in [4.69, 9.17) is 12.2 Å². The number of benzene rings is 2. The minimum absolute atomic E-state index is 0.603. The number of rotatable bonds is 5. The average molecular weight is 353 g/mol. The summed E-state index contributed by atoms with van der Waals surface area (Å²) in [7, 11) is 4.14. The van der Waals surface area contributed by atoms with E-state index in [-0.39, 0.29) is 0 Å². The smallest absolute Gasteiger partial charge is 0.200 e. The molecule has 0 aliphatic heterocycles. The first-order chi connectivity index (χ1) is 12.0. The van der Waals surface area contributed by atoms with Crippen molar-refractivity contribution in [3.8, 4) is 17.1 Å². The number of nitrogens with one attached hydrogen (secondary N) is 1. The van der Waals surface area contributed by atoms with Crippen molar-refractivity contribution in [1.29, 1.82) is 0 Å². The van der Waals surface area contributed by atoms with Gasteiger partial charge in [-0.1, -0.05) is 38.1 Å². The summed E-state index contributed by atoms with van der Waals surface area (Å²) >= 11 is 5.52. The van der Waals surface area contributed by atoms with E-state index < -0.39 is 0 Å². The van der Waals surface area contributed by atoms with Gasteiger partial charge in [0.1, 0.15) is 0 Å². The maximum atomic E-state index is 5.52. The maximum Gasteiger partial charge on any atom is 0.200 e. The van der Waals surface area contributed by atoms with E-state index in [1.165, 1.54) is 16.8 Å². The zero-order valence-electron chi connectivity index (χ0n) is 15.2. The van der Waals surface area contributed by atoms with Crippen LogP contribution in [-0.4, -0.2) is 28.9 Å². The van der Waals surface area contributed by atoms with Crippen LogP contribution in [0.15, 0.2) is 42.5 Å². The van der Waals surface area contributed by atoms with Gasteiger partial charge in [0.2, 0.25) is 0 Å². The Morgan fingerprint density at radius 2 is 1.88 bits per heavy atom. The summed E-state index contributed by atoms with van der Waals surface area (Å²) in [4.78, 5) is 2.14. The Labute approximate surface area is 154 Å². The lowest BCUT2D eigenvalue weighted by atomic mass is 10.1. The van der Waals surface area contributed by atoms with Crippen molar-refractivity contribution < 1.29 is 0 Å². The number of aromatic nitrogens is 3. The largest absolute Gasteiger partial charge is 0.377 e. The lowest BCUT2D eigenvalue weighted by Crippen LogP contribution is -2.12. The highest BCUT2D eigenvalue weighted by atomic mass is 32.1. The Kier molecular flexibility index (Phi) is 5.04. The molecule has 1 heterocycles. The molecule has 130 valence electrons. The van der Waals surface area contributed by atoms with Gasteiger partial charge >= 0.3 is 0 Å². The molecule has 1 aromatic heterocycles. The van der Waals surface area contributed by atoms with Crippen LogP contribution in [0.25, 0.3) is 17.1 Å². The Hall–Kier alpha value is -2.40. The van der Waals surface area contributed by atoms with Gasteiger partial charge in [0.25, 0.3) is 0 Å². The van der Waals surface area contributed by atoms with Crippen LogP contribution < -0.4 is 4.90 Å². The normalized spacial score (nSPS) is 10.9. The molecule has 0 saturated carbocycles. The van der Waals surface area contributed by atoms with Crippen LogP contribution in [0.1, 0.15) is 25.0 Å². The predicted octanol–water partition coefficient (Wildman–Crippen LogP) is 4.79. The Morgan fingerprint density at radius 3 is 2.56 bits per heavy atom. The van der Waals surface area contributed by atoms with Gasteiger partial charge in [-0.3, -0.25) is 9.67 Å². The fourth-order valence-electron chi connectivity index (χ4n) is 3.07. The predicted molar refractivity (Wildman–Crippen MR) is 107 cm³/mol. The van der Waals surface area contributed by atoms with Gasteiger partial charge in [-0.15, -0.1) is 0 Å². The van der Waals surface area contributed by atoms with Gasteiger partial charge < -0.3 is 4.90 Å². The summed E-state index contributed by atoms with van der Waals surface area (Å²) in [5, 5.41) is 7.44. The second-order valence-corrected chi connectivity index (χ2v) is 6.69. The number of aromatic amines is 1. The average Bonchev–Trinajstić information content (AvgIpc) is 3.02. The second kappa shape index (κ2) is 7.23. The van der Waals surface area contributed by atoms with E-state index >= 15 is 0 Å². The van der Waals surface area contributed by atoms with Crippen molar-refractivity contribution in [3.63, 3.8) is 0 Å². The van der Waals surface area contributed by atoms with Crippen molar-refractivity contribution in [3.05, 3.63) is 58.4 Å². The standard InChI is InChI=1S/C20H24N4S/c1-5-14-8-7-9-16(12-14)19-21-22-20(25)24(19)17-11-10-15(6-2)18(13-17)23(3)4/h7-13H,5-6H2,1-4H3,(H,22,25). The molecule has 0 amide bonds. The number of H-pyrrole nitrogens is 1. The Morgan fingerprint density at radius 1 is 1.08 bits per heavy atom. The molecule has 1 N–H and O–H groups in total. The highest BCUT2D eigenvalue weighted by Crippen LogP contribution is 2.27. The van der Waals surface area contributed by atoms with Crippen LogP contribution in [0.2, 0.25) is 0 Å². The molecule has 0 spiro atoms. The summed E-state index contributed by atoms with van der Waals surface area (Å²) in [5.74, 6) is 0.842. The molecule has 0 atom stereocenters. The Balaban J connectivity index is 2.17. The third kappa shape index (κ3) is 3.37. The summed E-state index contributed by atoms with van der Waals surface area (Å²) < 4.78 is 2.61. The molecule has 0 saturated heterocycles. The molecule has 2 aromatic carbocycles. The molecule has 0 bridgehead atoms. The van der Waals surface area contributed by atoms with Crippen LogP contribution >= 0.6 is 12.2 Å². The van der Waals surface area contributed by atoms with Crippen LogP contribution in [0.5, 0.6) is 0 Å². The SMILES string of the molecule is CCc1cccc(-c2n[nH]c(=S)n2-c2ccc(CC)c(N(C)C)c2)c1. The number of hydrogen-bond acceptors (Lipinski definition) is 3. The van der Waals surface area contributed by atoms with Crippen molar-refractivity contribution >= 4 is 17.9 Å². The van der Waals surface area contributed by atoms with Gasteiger partial charge in [0, 0.05) is 25.3 Å². The fourth-order valence-corrected chi connectivity index (χ4v) is 3.30. The molecule has 3 aromatic rings. The first-order valence-corrected chi connectivity index (χ1v) is 9.03. The van der Waals surface area contributed by atoms with Crippen molar-refractivity contribution in [2.75, 3.05) is 19.0 Å². The highest BCUT2D eigenvalue weighted by Gasteiger charge is 2.13. The third-order valence-electron chi connectivity index (χ3n) is 4.46. The first kappa shape index (κ1) is 17.4. The summed E-state index contributed by atoms with van der Waals surface area (Å²) in [5.41, 5.74) is 5.90.